The Kier molecular flexibility index (Phi) is 3.72. The number of nitrogens with one attached hydrogen (secondary N) is 1. The standard InChI is InChI=1S/C15H18FN3S/c1-17-12-7-4-8-13-14(12)20-15(18-13)19(2)11-6-3-5-10(16)9-11/h3,5-6,9,12,17H,4,7-8H2,1-2H3. The molecule has 1 atom stereocenters. The van der Waals surface area contributed by atoms with Gasteiger partial charge in [0.1, 0.15) is 5.82 Å². The molecule has 0 radical (unpaired) electrons. The van der Waals surface area contributed by atoms with E-state index in [4.69, 9.17) is 4.98 Å². The Morgan fingerprint density at radius 1 is 1.45 bits per heavy atom. The second-order valence-corrected chi connectivity index (χ2v) is 6.09. The number of hydrogen-bond donors (Lipinski definition) is 1. The normalized spacial score (nSPS) is 17.9. The monoisotopic (exact) mass is 291 g/mol. The van der Waals surface area contributed by atoms with E-state index in [2.05, 4.69) is 5.32 Å². The van der Waals surface area contributed by atoms with Gasteiger partial charge in [0.25, 0.3) is 0 Å². The number of anilines is 2. The van der Waals surface area contributed by atoms with E-state index in [0.29, 0.717) is 6.04 Å². The number of halogens is 1. The number of hydrogen-bond acceptors (Lipinski definition) is 4. The fraction of sp³-hybridized carbons (Fsp3) is 0.400. The Labute approximate surface area is 122 Å². The summed E-state index contributed by atoms with van der Waals surface area (Å²) < 4.78 is 13.3. The fourth-order valence-electron chi connectivity index (χ4n) is 2.62. The summed E-state index contributed by atoms with van der Waals surface area (Å²) in [5, 5.41) is 4.29. The molecule has 0 bridgehead atoms. The van der Waals surface area contributed by atoms with Crippen LogP contribution >= 0.6 is 11.3 Å². The molecule has 2 aromatic rings. The lowest BCUT2D eigenvalue weighted by molar-refractivity contribution is 0.501. The summed E-state index contributed by atoms with van der Waals surface area (Å²) in [6.07, 6.45) is 3.38. The quantitative estimate of drug-likeness (QED) is 0.935. The Balaban J connectivity index is 1.93. The lowest BCUT2D eigenvalue weighted by atomic mass is 9.98. The minimum Gasteiger partial charge on any atom is -0.321 e. The molecular formula is C15H18FN3S. The first-order chi connectivity index (χ1) is 9.69. The number of fused-ring (bicyclic) bond motifs is 1. The molecule has 1 aliphatic carbocycles. The van der Waals surface area contributed by atoms with E-state index in [-0.39, 0.29) is 5.82 Å². The van der Waals surface area contributed by atoms with E-state index in [1.807, 2.05) is 25.1 Å². The Hall–Kier alpha value is -1.46. The van der Waals surface area contributed by atoms with Crippen LogP contribution in [0.25, 0.3) is 0 Å². The van der Waals surface area contributed by atoms with Gasteiger partial charge in [0, 0.05) is 23.7 Å². The Morgan fingerprint density at radius 3 is 3.05 bits per heavy atom. The van der Waals surface area contributed by atoms with Crippen molar-refractivity contribution in [2.45, 2.75) is 25.3 Å². The van der Waals surface area contributed by atoms with Gasteiger partial charge in [0.05, 0.1) is 5.69 Å². The number of thiazole rings is 1. The molecule has 1 unspecified atom stereocenters. The molecule has 3 rings (SSSR count). The van der Waals surface area contributed by atoms with Crippen molar-refractivity contribution >= 4 is 22.2 Å². The molecule has 1 N–H and O–H groups in total. The molecule has 0 saturated carbocycles. The van der Waals surface area contributed by atoms with Crippen molar-refractivity contribution in [3.63, 3.8) is 0 Å². The summed E-state index contributed by atoms with van der Waals surface area (Å²) in [4.78, 5) is 8.02. The molecular weight excluding hydrogens is 273 g/mol. The molecule has 1 aromatic heterocycles. The molecule has 20 heavy (non-hydrogen) atoms. The third kappa shape index (κ3) is 2.43. The van der Waals surface area contributed by atoms with Gasteiger partial charge in [-0.25, -0.2) is 9.37 Å². The van der Waals surface area contributed by atoms with Crippen molar-refractivity contribution in [1.82, 2.24) is 10.3 Å². The second-order valence-electron chi connectivity index (χ2n) is 5.08. The predicted octanol–water partition coefficient (Wildman–Crippen LogP) is 3.65. The number of nitrogens with zero attached hydrogens (tertiary/aromatic N) is 2. The summed E-state index contributed by atoms with van der Waals surface area (Å²) in [6, 6.07) is 7.03. The first-order valence-electron chi connectivity index (χ1n) is 6.85. The van der Waals surface area contributed by atoms with Gasteiger partial charge in [-0.3, -0.25) is 0 Å². The largest absolute Gasteiger partial charge is 0.321 e. The van der Waals surface area contributed by atoms with Crippen molar-refractivity contribution in [1.29, 1.82) is 0 Å². The molecule has 1 heterocycles. The lowest BCUT2D eigenvalue weighted by Crippen LogP contribution is -2.19. The van der Waals surface area contributed by atoms with Gasteiger partial charge in [-0.05, 0) is 44.5 Å². The Bertz CT molecular complexity index is 611. The maximum absolute atomic E-state index is 13.3. The highest BCUT2D eigenvalue weighted by Crippen LogP contribution is 2.38. The van der Waals surface area contributed by atoms with Crippen LogP contribution in [0.5, 0.6) is 0 Å². The highest BCUT2D eigenvalue weighted by atomic mass is 32.1. The maximum Gasteiger partial charge on any atom is 0.190 e. The number of aromatic nitrogens is 1. The van der Waals surface area contributed by atoms with Gasteiger partial charge >= 0.3 is 0 Å². The molecule has 1 aromatic carbocycles. The SMILES string of the molecule is CNC1CCCc2nc(N(C)c3cccc(F)c3)sc21. The van der Waals surface area contributed by atoms with E-state index in [0.717, 1.165) is 23.7 Å². The maximum atomic E-state index is 13.3. The van der Waals surface area contributed by atoms with Crippen LogP contribution in [0.4, 0.5) is 15.2 Å². The van der Waals surface area contributed by atoms with Crippen molar-refractivity contribution < 1.29 is 4.39 Å². The average Bonchev–Trinajstić information content (AvgIpc) is 2.90. The van der Waals surface area contributed by atoms with Gasteiger partial charge in [0.2, 0.25) is 0 Å². The molecule has 3 nitrogen and oxygen atoms in total. The van der Waals surface area contributed by atoms with Crippen LogP contribution in [0.3, 0.4) is 0 Å². The van der Waals surface area contributed by atoms with Crippen LogP contribution in [-0.2, 0) is 6.42 Å². The van der Waals surface area contributed by atoms with Crippen LogP contribution in [0.1, 0.15) is 29.5 Å². The fourth-order valence-corrected chi connectivity index (χ4v) is 3.86. The zero-order chi connectivity index (χ0) is 14.1. The van der Waals surface area contributed by atoms with Crippen LogP contribution in [-0.4, -0.2) is 19.1 Å². The van der Waals surface area contributed by atoms with E-state index in [1.54, 1.807) is 17.4 Å². The zero-order valence-corrected chi connectivity index (χ0v) is 12.5. The van der Waals surface area contributed by atoms with E-state index >= 15 is 0 Å². The minimum absolute atomic E-state index is 0.219. The molecule has 0 fully saturated rings. The summed E-state index contributed by atoms with van der Waals surface area (Å²) >= 11 is 1.71. The van der Waals surface area contributed by atoms with E-state index in [1.165, 1.54) is 29.1 Å². The summed E-state index contributed by atoms with van der Waals surface area (Å²) in [5.74, 6) is -0.219. The van der Waals surface area contributed by atoms with Gasteiger partial charge in [-0.2, -0.15) is 0 Å². The van der Waals surface area contributed by atoms with Crippen LogP contribution in [0.15, 0.2) is 24.3 Å². The first-order valence-corrected chi connectivity index (χ1v) is 7.67. The molecule has 0 spiro atoms. The predicted molar refractivity (Wildman–Crippen MR) is 81.3 cm³/mol. The zero-order valence-electron chi connectivity index (χ0n) is 11.7. The topological polar surface area (TPSA) is 28.2 Å². The molecule has 0 aliphatic heterocycles. The lowest BCUT2D eigenvalue weighted by Gasteiger charge is -2.19. The van der Waals surface area contributed by atoms with Gasteiger partial charge in [0.15, 0.2) is 5.13 Å². The smallest absolute Gasteiger partial charge is 0.190 e. The van der Waals surface area contributed by atoms with Crippen molar-refractivity contribution in [3.05, 3.63) is 40.7 Å². The number of rotatable bonds is 3. The van der Waals surface area contributed by atoms with Crippen molar-refractivity contribution in [3.8, 4) is 0 Å². The van der Waals surface area contributed by atoms with Crippen molar-refractivity contribution in [2.75, 3.05) is 19.0 Å². The summed E-state index contributed by atoms with van der Waals surface area (Å²) in [5.41, 5.74) is 2.02. The average molecular weight is 291 g/mol. The molecule has 5 heteroatoms. The first kappa shape index (κ1) is 13.5. The molecule has 1 aliphatic rings. The van der Waals surface area contributed by atoms with E-state index < -0.39 is 0 Å². The minimum atomic E-state index is -0.219. The highest BCUT2D eigenvalue weighted by molar-refractivity contribution is 7.15. The Morgan fingerprint density at radius 2 is 2.30 bits per heavy atom. The van der Waals surface area contributed by atoms with E-state index in [9.17, 15) is 4.39 Å². The highest BCUT2D eigenvalue weighted by Gasteiger charge is 2.24. The van der Waals surface area contributed by atoms with Crippen molar-refractivity contribution in [2.24, 2.45) is 0 Å². The van der Waals surface area contributed by atoms with Crippen LogP contribution < -0.4 is 10.2 Å². The van der Waals surface area contributed by atoms with Gasteiger partial charge in [-0.15, -0.1) is 0 Å². The van der Waals surface area contributed by atoms with Gasteiger partial charge < -0.3 is 10.2 Å². The molecule has 0 amide bonds. The van der Waals surface area contributed by atoms with Gasteiger partial charge in [-0.1, -0.05) is 17.4 Å². The third-order valence-corrected chi connectivity index (χ3v) is 5.06. The third-order valence-electron chi connectivity index (χ3n) is 3.77. The summed E-state index contributed by atoms with van der Waals surface area (Å²) in [6.45, 7) is 0. The molecule has 0 saturated heterocycles. The number of aryl methyl sites for hydroxylation is 1. The molecule has 106 valence electrons. The second kappa shape index (κ2) is 5.50. The number of benzene rings is 1. The summed E-state index contributed by atoms with van der Waals surface area (Å²) in [7, 11) is 3.93. The van der Waals surface area contributed by atoms with Crippen LogP contribution in [0, 0.1) is 5.82 Å². The van der Waals surface area contributed by atoms with Crippen LogP contribution in [0.2, 0.25) is 0 Å².